The van der Waals surface area contributed by atoms with Gasteiger partial charge in [0.2, 0.25) is 0 Å². The second kappa shape index (κ2) is 4.35. The Morgan fingerprint density at radius 2 is 2.14 bits per heavy atom. The maximum atomic E-state index is 9.18. The number of aliphatic hydroxyl groups excluding tert-OH is 1. The van der Waals surface area contributed by atoms with E-state index >= 15 is 0 Å². The number of benzene rings is 1. The van der Waals surface area contributed by atoms with Crippen LogP contribution in [0.5, 0.6) is 0 Å². The molecule has 0 radical (unpaired) electrons. The topological polar surface area (TPSA) is 20.2 Å². The average molecular weight is 339 g/mol. The van der Waals surface area contributed by atoms with Crippen molar-refractivity contribution in [2.45, 2.75) is 12.5 Å². The molecule has 1 heterocycles. The zero-order chi connectivity index (χ0) is 10.1. The highest BCUT2D eigenvalue weighted by atomic mass is 127. The SMILES string of the molecule is OCc1ccc(I)c2c(CCl)csc12. The number of aliphatic hydroxyl groups is 1. The van der Waals surface area contributed by atoms with Crippen LogP contribution in [0.25, 0.3) is 10.1 Å². The second-order valence-electron chi connectivity index (χ2n) is 2.96. The van der Waals surface area contributed by atoms with Crippen molar-refractivity contribution in [2.24, 2.45) is 0 Å². The number of thiophene rings is 1. The fraction of sp³-hybridized carbons (Fsp3) is 0.200. The summed E-state index contributed by atoms with van der Waals surface area (Å²) in [5, 5.41) is 12.5. The molecule has 0 aliphatic carbocycles. The van der Waals surface area contributed by atoms with Crippen molar-refractivity contribution < 1.29 is 5.11 Å². The Labute approximate surface area is 105 Å². The minimum atomic E-state index is 0.0929. The van der Waals surface area contributed by atoms with Gasteiger partial charge in [0.05, 0.1) is 6.61 Å². The van der Waals surface area contributed by atoms with Gasteiger partial charge in [0.15, 0.2) is 0 Å². The Morgan fingerprint density at radius 1 is 1.36 bits per heavy atom. The van der Waals surface area contributed by atoms with Gasteiger partial charge in [-0.25, -0.2) is 0 Å². The van der Waals surface area contributed by atoms with Crippen LogP contribution < -0.4 is 0 Å². The van der Waals surface area contributed by atoms with E-state index in [-0.39, 0.29) is 6.61 Å². The first-order chi connectivity index (χ1) is 6.77. The lowest BCUT2D eigenvalue weighted by molar-refractivity contribution is 0.283. The van der Waals surface area contributed by atoms with Crippen molar-refractivity contribution in [3.05, 3.63) is 32.2 Å². The first-order valence-electron chi connectivity index (χ1n) is 4.12. The third kappa shape index (κ3) is 1.66. The van der Waals surface area contributed by atoms with E-state index in [4.69, 9.17) is 11.6 Å². The molecule has 0 amide bonds. The molecule has 74 valence electrons. The minimum absolute atomic E-state index is 0.0929. The Kier molecular flexibility index (Phi) is 3.31. The van der Waals surface area contributed by atoms with Gasteiger partial charge in [0, 0.05) is 19.5 Å². The van der Waals surface area contributed by atoms with Crippen LogP contribution in [-0.2, 0) is 12.5 Å². The quantitative estimate of drug-likeness (QED) is 0.653. The predicted molar refractivity (Wildman–Crippen MR) is 70.0 cm³/mol. The molecule has 2 aromatic rings. The van der Waals surface area contributed by atoms with Crippen molar-refractivity contribution in [1.82, 2.24) is 0 Å². The molecule has 0 saturated heterocycles. The highest BCUT2D eigenvalue weighted by Gasteiger charge is 2.09. The van der Waals surface area contributed by atoms with Crippen LogP contribution >= 0.6 is 45.5 Å². The number of halogens is 2. The molecule has 14 heavy (non-hydrogen) atoms. The second-order valence-corrected chi connectivity index (χ2v) is 5.27. The summed E-state index contributed by atoms with van der Waals surface area (Å²) in [4.78, 5) is 0. The summed E-state index contributed by atoms with van der Waals surface area (Å²) in [5.74, 6) is 0.533. The molecule has 0 aliphatic rings. The summed E-state index contributed by atoms with van der Waals surface area (Å²) < 4.78 is 2.36. The summed E-state index contributed by atoms with van der Waals surface area (Å²) in [6.45, 7) is 0.0929. The van der Waals surface area contributed by atoms with E-state index in [0.29, 0.717) is 5.88 Å². The van der Waals surface area contributed by atoms with Crippen molar-refractivity contribution in [1.29, 1.82) is 0 Å². The molecule has 1 aromatic heterocycles. The third-order valence-corrected chi connectivity index (χ3v) is 4.43. The van der Waals surface area contributed by atoms with E-state index in [2.05, 4.69) is 28.0 Å². The van der Waals surface area contributed by atoms with E-state index in [9.17, 15) is 5.11 Å². The molecule has 0 aliphatic heterocycles. The lowest BCUT2D eigenvalue weighted by atomic mass is 10.1. The van der Waals surface area contributed by atoms with E-state index in [0.717, 1.165) is 15.8 Å². The molecule has 0 unspecified atom stereocenters. The van der Waals surface area contributed by atoms with Crippen molar-refractivity contribution in [3.8, 4) is 0 Å². The van der Waals surface area contributed by atoms with E-state index in [1.807, 2.05) is 12.1 Å². The molecular formula is C10H8ClIOS. The lowest BCUT2D eigenvalue weighted by Crippen LogP contribution is -1.86. The van der Waals surface area contributed by atoms with E-state index in [1.165, 1.54) is 8.96 Å². The summed E-state index contributed by atoms with van der Waals surface area (Å²) >= 11 is 9.81. The molecule has 0 atom stereocenters. The molecule has 1 nitrogen and oxygen atoms in total. The molecule has 2 rings (SSSR count). The molecule has 1 aromatic carbocycles. The van der Waals surface area contributed by atoms with Gasteiger partial charge in [-0.05, 0) is 45.2 Å². The van der Waals surface area contributed by atoms with Gasteiger partial charge in [0.1, 0.15) is 0 Å². The molecule has 4 heteroatoms. The summed E-state index contributed by atoms with van der Waals surface area (Å²) in [6, 6.07) is 4.00. The van der Waals surface area contributed by atoms with Crippen LogP contribution in [0.15, 0.2) is 17.5 Å². The van der Waals surface area contributed by atoms with Gasteiger partial charge in [-0.2, -0.15) is 0 Å². The molecule has 0 saturated carbocycles. The van der Waals surface area contributed by atoms with Crippen molar-refractivity contribution in [3.63, 3.8) is 0 Å². The maximum Gasteiger partial charge on any atom is 0.0695 e. The Hall–Kier alpha value is 0.160. The Morgan fingerprint density at radius 3 is 2.79 bits per heavy atom. The molecular weight excluding hydrogens is 331 g/mol. The highest BCUT2D eigenvalue weighted by Crippen LogP contribution is 2.33. The van der Waals surface area contributed by atoms with E-state index in [1.54, 1.807) is 11.3 Å². The summed E-state index contributed by atoms with van der Waals surface area (Å²) in [7, 11) is 0. The van der Waals surface area contributed by atoms with Gasteiger partial charge < -0.3 is 5.11 Å². The standard InChI is InChI=1S/C10H8ClIOS/c11-3-7-5-14-10-6(4-13)1-2-8(12)9(7)10/h1-2,5,13H,3-4H2. The zero-order valence-electron chi connectivity index (χ0n) is 7.26. The van der Waals surface area contributed by atoms with Crippen LogP contribution in [0.1, 0.15) is 11.1 Å². The van der Waals surface area contributed by atoms with Gasteiger partial charge >= 0.3 is 0 Å². The number of fused-ring (bicyclic) bond motifs is 1. The third-order valence-electron chi connectivity index (χ3n) is 2.14. The van der Waals surface area contributed by atoms with Gasteiger partial charge in [0.25, 0.3) is 0 Å². The number of hydrogen-bond acceptors (Lipinski definition) is 2. The van der Waals surface area contributed by atoms with Crippen LogP contribution in [0.4, 0.5) is 0 Å². The van der Waals surface area contributed by atoms with Gasteiger partial charge in [-0.3, -0.25) is 0 Å². The van der Waals surface area contributed by atoms with Crippen LogP contribution in [0.2, 0.25) is 0 Å². The van der Waals surface area contributed by atoms with Gasteiger partial charge in [-0.1, -0.05) is 6.07 Å². The van der Waals surface area contributed by atoms with Crippen LogP contribution in [0.3, 0.4) is 0 Å². The lowest BCUT2D eigenvalue weighted by Gasteiger charge is -2.02. The first-order valence-corrected chi connectivity index (χ1v) is 6.61. The zero-order valence-corrected chi connectivity index (χ0v) is 11.0. The molecule has 0 fully saturated rings. The number of alkyl halides is 1. The average Bonchev–Trinajstić information content (AvgIpc) is 2.63. The Bertz CT molecular complexity index is 466. The minimum Gasteiger partial charge on any atom is -0.392 e. The molecule has 0 bridgehead atoms. The van der Waals surface area contributed by atoms with Crippen LogP contribution in [-0.4, -0.2) is 5.11 Å². The fourth-order valence-corrected chi connectivity index (χ4v) is 3.83. The highest BCUT2D eigenvalue weighted by molar-refractivity contribution is 14.1. The smallest absolute Gasteiger partial charge is 0.0695 e. The van der Waals surface area contributed by atoms with Crippen molar-refractivity contribution in [2.75, 3.05) is 0 Å². The number of hydrogen-bond donors (Lipinski definition) is 1. The van der Waals surface area contributed by atoms with Crippen molar-refractivity contribution >= 4 is 55.6 Å². The van der Waals surface area contributed by atoms with E-state index < -0.39 is 0 Å². The predicted octanol–water partition coefficient (Wildman–Crippen LogP) is 3.74. The molecule has 0 spiro atoms. The number of rotatable bonds is 2. The van der Waals surface area contributed by atoms with Crippen LogP contribution in [0, 0.1) is 3.57 Å². The summed E-state index contributed by atoms with van der Waals surface area (Å²) in [6.07, 6.45) is 0. The monoisotopic (exact) mass is 338 g/mol. The van der Waals surface area contributed by atoms with Gasteiger partial charge in [-0.15, -0.1) is 22.9 Å². The fourth-order valence-electron chi connectivity index (χ4n) is 1.45. The molecule has 1 N–H and O–H groups in total. The normalized spacial score (nSPS) is 11.1. The summed E-state index contributed by atoms with van der Waals surface area (Å²) in [5.41, 5.74) is 2.15. The maximum absolute atomic E-state index is 9.18. The Balaban J connectivity index is 2.80. The largest absolute Gasteiger partial charge is 0.392 e. The first kappa shape index (κ1) is 10.7.